The zero-order chi connectivity index (χ0) is 15.9. The van der Waals surface area contributed by atoms with E-state index in [0.717, 1.165) is 18.5 Å². The maximum absolute atomic E-state index is 3.75. The molecule has 0 aromatic carbocycles. The normalized spacial score (nSPS) is 25.7. The van der Waals surface area contributed by atoms with Gasteiger partial charge in [0, 0.05) is 25.7 Å². The lowest BCUT2D eigenvalue weighted by molar-refractivity contribution is 0.0974. The zero-order valence-corrected chi connectivity index (χ0v) is 15.4. The summed E-state index contributed by atoms with van der Waals surface area (Å²) in [6, 6.07) is 0.724. The number of nitrogens with zero attached hydrogens (tertiary/aromatic N) is 2. The van der Waals surface area contributed by atoms with E-state index >= 15 is 0 Å². The van der Waals surface area contributed by atoms with Crippen LogP contribution >= 0.6 is 0 Å². The first kappa shape index (κ1) is 18.9. The average Bonchev–Trinajstić information content (AvgIpc) is 2.39. The fourth-order valence-electron chi connectivity index (χ4n) is 3.74. The van der Waals surface area contributed by atoms with Gasteiger partial charge in [-0.2, -0.15) is 0 Å². The van der Waals surface area contributed by atoms with Crippen LogP contribution in [0.2, 0.25) is 0 Å². The fraction of sp³-hybridized carbons (Fsp3) is 1.00. The number of hydrogen-bond acceptors (Lipinski definition) is 3. The van der Waals surface area contributed by atoms with Gasteiger partial charge in [0.25, 0.3) is 0 Å². The molecule has 0 saturated heterocycles. The van der Waals surface area contributed by atoms with Crippen LogP contribution in [0.3, 0.4) is 0 Å². The number of nitrogens with one attached hydrogen (secondary N) is 1. The van der Waals surface area contributed by atoms with E-state index < -0.39 is 0 Å². The van der Waals surface area contributed by atoms with E-state index in [4.69, 9.17) is 0 Å². The van der Waals surface area contributed by atoms with Gasteiger partial charge >= 0.3 is 0 Å². The van der Waals surface area contributed by atoms with Crippen LogP contribution in [0.4, 0.5) is 0 Å². The quantitative estimate of drug-likeness (QED) is 0.705. The van der Waals surface area contributed by atoms with Crippen molar-refractivity contribution in [1.82, 2.24) is 15.1 Å². The molecular formula is C18H39N3. The van der Waals surface area contributed by atoms with Crippen molar-refractivity contribution >= 4 is 0 Å². The van der Waals surface area contributed by atoms with Gasteiger partial charge in [0.1, 0.15) is 0 Å². The third-order valence-electron chi connectivity index (χ3n) is 4.88. The van der Waals surface area contributed by atoms with Gasteiger partial charge in [-0.1, -0.05) is 27.7 Å². The van der Waals surface area contributed by atoms with Crippen molar-refractivity contribution in [1.29, 1.82) is 0 Å². The van der Waals surface area contributed by atoms with Gasteiger partial charge in [-0.25, -0.2) is 0 Å². The molecule has 1 rings (SSSR count). The Kier molecular flexibility index (Phi) is 8.22. The first-order valence-electron chi connectivity index (χ1n) is 8.98. The highest BCUT2D eigenvalue weighted by molar-refractivity contribution is 4.90. The van der Waals surface area contributed by atoms with Crippen LogP contribution in [0, 0.1) is 11.3 Å². The van der Waals surface area contributed by atoms with Crippen molar-refractivity contribution in [2.75, 3.05) is 46.8 Å². The van der Waals surface area contributed by atoms with Crippen molar-refractivity contribution in [3.63, 3.8) is 0 Å². The molecule has 0 heterocycles. The molecule has 1 N–H and O–H groups in total. The van der Waals surface area contributed by atoms with Crippen LogP contribution in [0.5, 0.6) is 0 Å². The van der Waals surface area contributed by atoms with Gasteiger partial charge in [-0.05, 0) is 64.2 Å². The Hall–Kier alpha value is -0.120. The van der Waals surface area contributed by atoms with Gasteiger partial charge < -0.3 is 15.1 Å². The molecule has 0 bridgehead atoms. The molecule has 1 aliphatic rings. The summed E-state index contributed by atoms with van der Waals surface area (Å²) in [5.41, 5.74) is 0.524. The van der Waals surface area contributed by atoms with Crippen molar-refractivity contribution in [2.24, 2.45) is 11.3 Å². The number of likely N-dealkylation sites (N-methyl/N-ethyl adjacent to an activating group) is 1. The molecule has 1 fully saturated rings. The van der Waals surface area contributed by atoms with Gasteiger partial charge in [0.15, 0.2) is 0 Å². The second-order valence-corrected chi connectivity index (χ2v) is 7.94. The van der Waals surface area contributed by atoms with E-state index in [1.165, 1.54) is 51.9 Å². The summed E-state index contributed by atoms with van der Waals surface area (Å²) < 4.78 is 0. The molecule has 0 aromatic heterocycles. The molecule has 3 heteroatoms. The molecule has 0 spiro atoms. The zero-order valence-electron chi connectivity index (χ0n) is 15.4. The summed E-state index contributed by atoms with van der Waals surface area (Å²) in [7, 11) is 4.35. The van der Waals surface area contributed by atoms with E-state index in [-0.39, 0.29) is 0 Å². The molecule has 2 unspecified atom stereocenters. The number of hydrogen-bond donors (Lipinski definition) is 1. The molecular weight excluding hydrogens is 258 g/mol. The Morgan fingerprint density at radius 3 is 2.38 bits per heavy atom. The Labute approximate surface area is 133 Å². The molecule has 21 heavy (non-hydrogen) atoms. The summed E-state index contributed by atoms with van der Waals surface area (Å²) in [6.45, 7) is 15.4. The molecule has 0 radical (unpaired) electrons. The molecule has 0 amide bonds. The highest BCUT2D eigenvalue weighted by Crippen LogP contribution is 2.39. The summed E-state index contributed by atoms with van der Waals surface area (Å²) in [5.74, 6) is 0.808. The third-order valence-corrected chi connectivity index (χ3v) is 4.88. The van der Waals surface area contributed by atoms with Crippen molar-refractivity contribution in [3.05, 3.63) is 0 Å². The molecule has 3 nitrogen and oxygen atoms in total. The molecule has 126 valence electrons. The predicted octanol–water partition coefficient (Wildman–Crippen LogP) is 3.06. The van der Waals surface area contributed by atoms with E-state index in [9.17, 15) is 0 Å². The van der Waals surface area contributed by atoms with Crippen molar-refractivity contribution in [2.45, 2.75) is 59.4 Å². The Bertz CT molecular complexity index is 276. The minimum absolute atomic E-state index is 0.524. The van der Waals surface area contributed by atoms with Crippen molar-refractivity contribution in [3.8, 4) is 0 Å². The largest absolute Gasteiger partial charge is 0.314 e. The van der Waals surface area contributed by atoms with Crippen LogP contribution in [-0.4, -0.2) is 62.7 Å². The first-order valence-corrected chi connectivity index (χ1v) is 8.98. The first-order chi connectivity index (χ1) is 9.88. The smallest absolute Gasteiger partial charge is 0.0109 e. The lowest BCUT2D eigenvalue weighted by Gasteiger charge is -2.43. The number of rotatable bonds is 9. The van der Waals surface area contributed by atoms with E-state index in [1.807, 2.05) is 0 Å². The second kappa shape index (κ2) is 9.12. The van der Waals surface area contributed by atoms with Gasteiger partial charge in [0.2, 0.25) is 0 Å². The average molecular weight is 298 g/mol. The maximum Gasteiger partial charge on any atom is 0.0109 e. The summed E-state index contributed by atoms with van der Waals surface area (Å²) >= 11 is 0. The monoisotopic (exact) mass is 297 g/mol. The molecule has 2 atom stereocenters. The lowest BCUT2D eigenvalue weighted by Crippen LogP contribution is -2.48. The van der Waals surface area contributed by atoms with Crippen LogP contribution in [0.25, 0.3) is 0 Å². The predicted molar refractivity (Wildman–Crippen MR) is 93.9 cm³/mol. The van der Waals surface area contributed by atoms with Gasteiger partial charge in [0.05, 0.1) is 0 Å². The Morgan fingerprint density at radius 1 is 1.10 bits per heavy atom. The molecule has 1 saturated carbocycles. The van der Waals surface area contributed by atoms with E-state index in [1.54, 1.807) is 0 Å². The van der Waals surface area contributed by atoms with Crippen molar-refractivity contribution < 1.29 is 0 Å². The molecule has 0 aromatic rings. The standard InChI is InChI=1S/C18H39N3/c1-7-11-21(13-12-20(5)6)15-16-14-18(3,4)10-9-17(16)19-8-2/h16-17,19H,7-15H2,1-6H3. The van der Waals surface area contributed by atoms with Gasteiger partial charge in [-0.15, -0.1) is 0 Å². The fourth-order valence-corrected chi connectivity index (χ4v) is 3.74. The molecule has 1 aliphatic carbocycles. The lowest BCUT2D eigenvalue weighted by atomic mass is 9.69. The molecule has 0 aliphatic heterocycles. The topological polar surface area (TPSA) is 18.5 Å². The third kappa shape index (κ3) is 7.12. The summed E-state index contributed by atoms with van der Waals surface area (Å²) in [5, 5.41) is 3.75. The van der Waals surface area contributed by atoms with Crippen LogP contribution < -0.4 is 5.32 Å². The SMILES string of the molecule is CCCN(CCN(C)C)CC1CC(C)(C)CCC1NCC. The van der Waals surface area contributed by atoms with Crippen LogP contribution in [0.15, 0.2) is 0 Å². The summed E-state index contributed by atoms with van der Waals surface area (Å²) in [6.07, 6.45) is 5.34. The minimum Gasteiger partial charge on any atom is -0.314 e. The summed E-state index contributed by atoms with van der Waals surface area (Å²) in [4.78, 5) is 4.99. The van der Waals surface area contributed by atoms with E-state index in [2.05, 4.69) is 56.9 Å². The van der Waals surface area contributed by atoms with Crippen LogP contribution in [-0.2, 0) is 0 Å². The highest BCUT2D eigenvalue weighted by atomic mass is 15.2. The second-order valence-electron chi connectivity index (χ2n) is 7.94. The minimum atomic E-state index is 0.524. The van der Waals surface area contributed by atoms with Crippen LogP contribution in [0.1, 0.15) is 53.4 Å². The van der Waals surface area contributed by atoms with E-state index in [0.29, 0.717) is 5.41 Å². The Balaban J connectivity index is 2.61. The Morgan fingerprint density at radius 2 is 1.81 bits per heavy atom. The highest BCUT2D eigenvalue weighted by Gasteiger charge is 2.35. The maximum atomic E-state index is 3.75. The van der Waals surface area contributed by atoms with Gasteiger partial charge in [-0.3, -0.25) is 0 Å².